The van der Waals surface area contributed by atoms with E-state index in [2.05, 4.69) is 71.1 Å². The normalized spacial score (nSPS) is 12.3. The Labute approximate surface area is 174 Å². The molecule has 0 unspecified atom stereocenters. The Hall–Kier alpha value is -3.14. The van der Waals surface area contributed by atoms with Crippen LogP contribution in [0.2, 0.25) is 5.02 Å². The number of hydrogen-bond acceptors (Lipinski definition) is 2. The van der Waals surface area contributed by atoms with Gasteiger partial charge >= 0.3 is 0 Å². The minimum Gasteiger partial charge on any atom is -0.308 e. The highest BCUT2D eigenvalue weighted by Gasteiger charge is 2.21. The molecule has 0 bridgehead atoms. The number of hydrogen-bond donors (Lipinski definition) is 0. The first-order chi connectivity index (χ1) is 14.3. The van der Waals surface area contributed by atoms with Gasteiger partial charge in [-0.15, -0.1) is 11.3 Å². The van der Waals surface area contributed by atoms with Crippen LogP contribution in [-0.4, -0.2) is 9.38 Å². The van der Waals surface area contributed by atoms with E-state index in [-0.39, 0.29) is 0 Å². The third-order valence-electron chi connectivity index (χ3n) is 5.80. The largest absolute Gasteiger partial charge is 0.308 e. The van der Waals surface area contributed by atoms with Crippen molar-refractivity contribution in [3.8, 4) is 10.6 Å². The summed E-state index contributed by atoms with van der Waals surface area (Å²) in [6.07, 6.45) is 0. The monoisotopic (exact) mass is 408 g/mol. The van der Waals surface area contributed by atoms with Crippen molar-refractivity contribution < 1.29 is 0 Å². The molecule has 3 heterocycles. The summed E-state index contributed by atoms with van der Waals surface area (Å²) < 4.78 is 3.63. The highest BCUT2D eigenvalue weighted by Crippen LogP contribution is 2.45. The van der Waals surface area contributed by atoms with Gasteiger partial charge in [0.25, 0.3) is 0 Å². The fraction of sp³-hybridized carbons (Fsp3) is 0. The fourth-order valence-corrected chi connectivity index (χ4v) is 5.90. The summed E-state index contributed by atoms with van der Waals surface area (Å²) in [5.41, 5.74) is 5.89. The molecule has 0 N–H and O–H groups in total. The molecule has 29 heavy (non-hydrogen) atoms. The molecule has 4 aromatic carbocycles. The van der Waals surface area contributed by atoms with E-state index < -0.39 is 0 Å². The zero-order valence-electron chi connectivity index (χ0n) is 15.2. The van der Waals surface area contributed by atoms with Gasteiger partial charge in [0.05, 0.1) is 26.8 Å². The minimum absolute atomic E-state index is 0.760. The molecule has 0 amide bonds. The first-order valence-corrected chi connectivity index (χ1v) is 10.7. The van der Waals surface area contributed by atoms with E-state index >= 15 is 0 Å². The summed E-state index contributed by atoms with van der Waals surface area (Å²) in [6, 6.07) is 27.5. The average Bonchev–Trinajstić information content (AvgIpc) is 3.41. The predicted molar refractivity (Wildman–Crippen MR) is 125 cm³/mol. The van der Waals surface area contributed by atoms with E-state index in [0.717, 1.165) is 21.1 Å². The molecule has 3 aromatic heterocycles. The van der Waals surface area contributed by atoms with E-state index in [1.807, 2.05) is 12.1 Å². The highest BCUT2D eigenvalue weighted by molar-refractivity contribution is 7.22. The number of rotatable bonds is 1. The lowest BCUT2D eigenvalue weighted by Gasteiger charge is -1.98. The van der Waals surface area contributed by atoms with Crippen LogP contribution in [0.25, 0.3) is 58.9 Å². The molecule has 7 aromatic rings. The average molecular weight is 409 g/mol. The third kappa shape index (κ3) is 1.99. The van der Waals surface area contributed by atoms with Gasteiger partial charge in [-0.25, -0.2) is 4.98 Å². The van der Waals surface area contributed by atoms with Gasteiger partial charge in [-0.2, -0.15) is 0 Å². The first-order valence-electron chi connectivity index (χ1n) is 9.52. The smallest absolute Gasteiger partial charge is 0.124 e. The van der Waals surface area contributed by atoms with Gasteiger partial charge in [0.15, 0.2) is 0 Å². The SMILES string of the molecule is Clc1ccc2c(c1)c1cc3nc(-c4ccccc4)sc3c3c4ccccc4n2c13. The van der Waals surface area contributed by atoms with Gasteiger partial charge in [-0.05, 0) is 30.3 Å². The van der Waals surface area contributed by atoms with Crippen LogP contribution in [0.15, 0.2) is 78.9 Å². The molecule has 0 aliphatic rings. The lowest BCUT2D eigenvalue weighted by Crippen LogP contribution is -1.79. The second-order valence-electron chi connectivity index (χ2n) is 7.40. The fourth-order valence-electron chi connectivity index (χ4n) is 4.62. The molecule has 7 rings (SSSR count). The van der Waals surface area contributed by atoms with Gasteiger partial charge in [0, 0.05) is 32.1 Å². The molecule has 0 spiro atoms. The first kappa shape index (κ1) is 15.7. The number of fused-ring (bicyclic) bond motifs is 8. The number of para-hydroxylation sites is 1. The van der Waals surface area contributed by atoms with Crippen molar-refractivity contribution in [1.82, 2.24) is 9.38 Å². The number of benzene rings is 4. The summed E-state index contributed by atoms with van der Waals surface area (Å²) in [4.78, 5) is 5.02. The summed E-state index contributed by atoms with van der Waals surface area (Å²) in [7, 11) is 0. The van der Waals surface area contributed by atoms with Crippen LogP contribution >= 0.6 is 22.9 Å². The topological polar surface area (TPSA) is 17.3 Å². The number of aromatic nitrogens is 2. The Morgan fingerprint density at radius 2 is 1.55 bits per heavy atom. The molecule has 0 atom stereocenters. The van der Waals surface area contributed by atoms with Crippen molar-refractivity contribution in [3.63, 3.8) is 0 Å². The number of thiazole rings is 1. The summed E-state index contributed by atoms with van der Waals surface area (Å²) >= 11 is 8.14. The van der Waals surface area contributed by atoms with Gasteiger partial charge in [0.1, 0.15) is 5.01 Å². The van der Waals surface area contributed by atoms with Gasteiger partial charge in [-0.1, -0.05) is 60.1 Å². The van der Waals surface area contributed by atoms with Crippen LogP contribution in [0.1, 0.15) is 0 Å². The van der Waals surface area contributed by atoms with Gasteiger partial charge in [-0.3, -0.25) is 0 Å². The van der Waals surface area contributed by atoms with Crippen molar-refractivity contribution in [1.29, 1.82) is 0 Å². The molecule has 136 valence electrons. The van der Waals surface area contributed by atoms with Crippen molar-refractivity contribution in [2.45, 2.75) is 0 Å². The highest BCUT2D eigenvalue weighted by atomic mass is 35.5. The Balaban J connectivity index is 1.76. The van der Waals surface area contributed by atoms with Gasteiger partial charge in [0.2, 0.25) is 0 Å². The second-order valence-corrected chi connectivity index (χ2v) is 8.83. The van der Waals surface area contributed by atoms with E-state index in [1.165, 1.54) is 42.8 Å². The molecule has 0 saturated heterocycles. The Kier molecular flexibility index (Phi) is 2.97. The van der Waals surface area contributed by atoms with E-state index in [9.17, 15) is 0 Å². The van der Waals surface area contributed by atoms with Crippen molar-refractivity contribution >= 4 is 71.2 Å². The zero-order chi connectivity index (χ0) is 19.1. The molecule has 0 aliphatic carbocycles. The molecule has 2 nitrogen and oxygen atoms in total. The molecule has 4 heteroatoms. The van der Waals surface area contributed by atoms with E-state index in [0.29, 0.717) is 0 Å². The maximum Gasteiger partial charge on any atom is 0.124 e. The van der Waals surface area contributed by atoms with Crippen LogP contribution in [-0.2, 0) is 0 Å². The maximum atomic E-state index is 6.37. The number of halogens is 1. The van der Waals surface area contributed by atoms with Crippen molar-refractivity contribution in [2.24, 2.45) is 0 Å². The Morgan fingerprint density at radius 1 is 0.759 bits per heavy atom. The predicted octanol–water partition coefficient (Wildman–Crippen LogP) is 7.77. The number of nitrogens with zero attached hydrogens (tertiary/aromatic N) is 2. The van der Waals surface area contributed by atoms with E-state index in [1.54, 1.807) is 11.3 Å². The Bertz CT molecular complexity index is 1710. The second kappa shape index (κ2) is 5.47. The van der Waals surface area contributed by atoms with Crippen LogP contribution < -0.4 is 0 Å². The van der Waals surface area contributed by atoms with Crippen LogP contribution in [0.5, 0.6) is 0 Å². The maximum absolute atomic E-state index is 6.37. The van der Waals surface area contributed by atoms with Crippen molar-refractivity contribution in [3.05, 3.63) is 83.9 Å². The standard InChI is InChI=1S/C25H13ClN2S/c26-15-10-11-21-17(12-15)18-13-19-24(29-25(27-19)14-6-2-1-3-7-14)22-16-8-4-5-9-20(16)28(21)23(18)22/h1-13H. The van der Waals surface area contributed by atoms with Gasteiger partial charge < -0.3 is 4.40 Å². The van der Waals surface area contributed by atoms with E-state index in [4.69, 9.17) is 16.6 Å². The lowest BCUT2D eigenvalue weighted by molar-refractivity contribution is 1.37. The Morgan fingerprint density at radius 3 is 2.45 bits per heavy atom. The minimum atomic E-state index is 0.760. The molecular weight excluding hydrogens is 396 g/mol. The molecule has 0 radical (unpaired) electrons. The lowest BCUT2D eigenvalue weighted by atomic mass is 10.1. The molecular formula is C25H13ClN2S. The summed E-state index contributed by atoms with van der Waals surface area (Å²) in [6.45, 7) is 0. The zero-order valence-corrected chi connectivity index (χ0v) is 16.8. The summed E-state index contributed by atoms with van der Waals surface area (Å²) in [5, 5.41) is 6.78. The molecule has 0 saturated carbocycles. The van der Waals surface area contributed by atoms with Crippen LogP contribution in [0.4, 0.5) is 0 Å². The quantitative estimate of drug-likeness (QED) is 0.271. The summed E-state index contributed by atoms with van der Waals surface area (Å²) in [5.74, 6) is 0. The molecule has 0 aliphatic heterocycles. The van der Waals surface area contributed by atoms with Crippen LogP contribution in [0, 0.1) is 0 Å². The third-order valence-corrected chi connectivity index (χ3v) is 7.17. The molecule has 0 fully saturated rings. The van der Waals surface area contributed by atoms with Crippen molar-refractivity contribution in [2.75, 3.05) is 0 Å². The van der Waals surface area contributed by atoms with Crippen LogP contribution in [0.3, 0.4) is 0 Å².